The molecule has 0 N–H and O–H groups in total. The Bertz CT molecular complexity index is 1030. The molecule has 1 fully saturated rings. The average molecular weight is 393 g/mol. The molecule has 1 saturated carbocycles. The fourth-order valence-electron chi connectivity index (χ4n) is 3.18. The molecule has 29 heavy (non-hydrogen) atoms. The van der Waals surface area contributed by atoms with E-state index in [0.29, 0.717) is 6.54 Å². The Morgan fingerprint density at radius 2 is 2.03 bits per heavy atom. The minimum atomic E-state index is -0.515. The summed E-state index contributed by atoms with van der Waals surface area (Å²) in [4.78, 5) is 29.8. The quantitative estimate of drug-likeness (QED) is 0.452. The molecule has 2 aromatic carbocycles. The van der Waals surface area contributed by atoms with Gasteiger partial charge in [-0.25, -0.2) is 9.67 Å². The fourth-order valence-corrected chi connectivity index (χ4v) is 3.18. The van der Waals surface area contributed by atoms with Crippen LogP contribution in [0.1, 0.15) is 28.8 Å². The van der Waals surface area contributed by atoms with Gasteiger partial charge in [-0.1, -0.05) is 12.1 Å². The van der Waals surface area contributed by atoms with Crippen molar-refractivity contribution in [2.24, 2.45) is 0 Å². The molecule has 0 saturated heterocycles. The van der Waals surface area contributed by atoms with Crippen LogP contribution in [0.3, 0.4) is 0 Å². The number of methoxy groups -OCH3 is 1. The number of nitrogens with zero attached hydrogens (tertiary/aromatic N) is 5. The largest absolute Gasteiger partial charge is 0.497 e. The highest BCUT2D eigenvalue weighted by atomic mass is 16.6. The van der Waals surface area contributed by atoms with Gasteiger partial charge in [-0.3, -0.25) is 14.9 Å². The molecule has 148 valence electrons. The van der Waals surface area contributed by atoms with Gasteiger partial charge in [0.2, 0.25) is 0 Å². The molecular formula is C20H19N5O4. The second-order valence-electron chi connectivity index (χ2n) is 6.81. The predicted octanol–water partition coefficient (Wildman–Crippen LogP) is 2.99. The van der Waals surface area contributed by atoms with Crippen molar-refractivity contribution >= 4 is 11.6 Å². The normalized spacial score (nSPS) is 13.1. The van der Waals surface area contributed by atoms with Crippen LogP contribution in [-0.4, -0.2) is 43.6 Å². The molecule has 9 heteroatoms. The zero-order valence-electron chi connectivity index (χ0n) is 15.8. The maximum absolute atomic E-state index is 13.2. The maximum atomic E-state index is 13.2. The summed E-state index contributed by atoms with van der Waals surface area (Å²) in [6.07, 6.45) is 4.54. The number of aromatic nitrogens is 3. The lowest BCUT2D eigenvalue weighted by Crippen LogP contribution is -2.32. The Morgan fingerprint density at radius 3 is 2.62 bits per heavy atom. The Kier molecular flexibility index (Phi) is 4.94. The number of hydrogen-bond acceptors (Lipinski definition) is 6. The Hall–Kier alpha value is -3.75. The van der Waals surface area contributed by atoms with Gasteiger partial charge in [-0.05, 0) is 42.7 Å². The summed E-state index contributed by atoms with van der Waals surface area (Å²) in [7, 11) is 1.60. The zero-order valence-corrected chi connectivity index (χ0v) is 15.8. The van der Waals surface area contributed by atoms with Crippen LogP contribution in [0, 0.1) is 10.1 Å². The fraction of sp³-hybridized carbons (Fsp3) is 0.250. The van der Waals surface area contributed by atoms with E-state index in [1.54, 1.807) is 18.1 Å². The van der Waals surface area contributed by atoms with E-state index in [9.17, 15) is 14.9 Å². The maximum Gasteiger partial charge on any atom is 0.295 e. The van der Waals surface area contributed by atoms with Gasteiger partial charge in [0.05, 0.1) is 12.0 Å². The van der Waals surface area contributed by atoms with Crippen molar-refractivity contribution in [3.63, 3.8) is 0 Å². The Labute approximate surface area is 166 Å². The van der Waals surface area contributed by atoms with Crippen LogP contribution in [0.2, 0.25) is 0 Å². The number of nitro benzene ring substituents is 1. The molecule has 1 aliphatic carbocycles. The number of nitro groups is 1. The molecule has 1 aromatic heterocycles. The molecule has 0 atom stereocenters. The number of benzene rings is 2. The topological polar surface area (TPSA) is 103 Å². The van der Waals surface area contributed by atoms with Crippen LogP contribution >= 0.6 is 0 Å². The highest BCUT2D eigenvalue weighted by Crippen LogP contribution is 2.31. The lowest BCUT2D eigenvalue weighted by molar-refractivity contribution is -0.384. The van der Waals surface area contributed by atoms with Crippen molar-refractivity contribution in [1.29, 1.82) is 0 Å². The van der Waals surface area contributed by atoms with Crippen molar-refractivity contribution in [2.75, 3.05) is 7.11 Å². The number of hydrogen-bond donors (Lipinski definition) is 0. The van der Waals surface area contributed by atoms with Crippen molar-refractivity contribution in [2.45, 2.75) is 25.4 Å². The first-order valence-corrected chi connectivity index (χ1v) is 9.14. The summed E-state index contributed by atoms with van der Waals surface area (Å²) in [5.41, 5.74) is 1.32. The number of carbonyl (C=O) groups excluding carboxylic acids is 1. The Balaban J connectivity index is 1.62. The number of ether oxygens (including phenoxy) is 1. The molecule has 0 spiro atoms. The summed E-state index contributed by atoms with van der Waals surface area (Å²) >= 11 is 0. The molecule has 0 aliphatic heterocycles. The third-order valence-corrected chi connectivity index (χ3v) is 4.85. The lowest BCUT2D eigenvalue weighted by Gasteiger charge is -2.23. The summed E-state index contributed by atoms with van der Waals surface area (Å²) in [6, 6.07) is 12.1. The number of rotatable bonds is 7. The van der Waals surface area contributed by atoms with Gasteiger partial charge in [-0.2, -0.15) is 5.10 Å². The van der Waals surface area contributed by atoms with Crippen LogP contribution in [0.25, 0.3) is 5.69 Å². The highest BCUT2D eigenvalue weighted by molar-refractivity contribution is 5.95. The predicted molar refractivity (Wildman–Crippen MR) is 104 cm³/mol. The monoisotopic (exact) mass is 393 g/mol. The van der Waals surface area contributed by atoms with Gasteiger partial charge < -0.3 is 9.64 Å². The van der Waals surface area contributed by atoms with Crippen molar-refractivity contribution in [3.8, 4) is 11.4 Å². The smallest absolute Gasteiger partial charge is 0.295 e. The summed E-state index contributed by atoms with van der Waals surface area (Å²) < 4.78 is 6.48. The average Bonchev–Trinajstić information content (AvgIpc) is 3.44. The first-order valence-electron chi connectivity index (χ1n) is 9.14. The third-order valence-electron chi connectivity index (χ3n) is 4.85. The molecule has 0 unspecified atom stereocenters. The first-order chi connectivity index (χ1) is 14.1. The summed E-state index contributed by atoms with van der Waals surface area (Å²) in [5, 5.41) is 15.5. The van der Waals surface area contributed by atoms with Crippen LogP contribution in [0.4, 0.5) is 5.69 Å². The highest BCUT2D eigenvalue weighted by Gasteiger charge is 2.34. The third kappa shape index (κ3) is 3.93. The van der Waals surface area contributed by atoms with Gasteiger partial charge >= 0.3 is 0 Å². The van der Waals surface area contributed by atoms with Crippen LogP contribution < -0.4 is 4.74 Å². The van der Waals surface area contributed by atoms with E-state index >= 15 is 0 Å². The van der Waals surface area contributed by atoms with E-state index < -0.39 is 4.92 Å². The van der Waals surface area contributed by atoms with E-state index in [4.69, 9.17) is 4.74 Å². The van der Waals surface area contributed by atoms with Gasteiger partial charge in [0.1, 0.15) is 24.1 Å². The number of amides is 1. The van der Waals surface area contributed by atoms with Gasteiger partial charge in [0.15, 0.2) is 0 Å². The van der Waals surface area contributed by atoms with Crippen LogP contribution in [0.5, 0.6) is 5.75 Å². The standard InChI is InChI=1S/C20H19N5O4/c1-29-17-7-2-14(3-8-17)11-23(16-5-6-16)20(26)15-4-9-18(19(10-15)25(27)28)24-13-21-12-22-24/h2-4,7-10,12-13,16H,5-6,11H2,1H3. The minimum Gasteiger partial charge on any atom is -0.497 e. The zero-order chi connectivity index (χ0) is 20.4. The number of carbonyl (C=O) groups is 1. The SMILES string of the molecule is COc1ccc(CN(C(=O)c2ccc(-n3cncn3)c([N+](=O)[O-])c2)C2CC2)cc1. The minimum absolute atomic E-state index is 0.152. The lowest BCUT2D eigenvalue weighted by atomic mass is 10.1. The summed E-state index contributed by atoms with van der Waals surface area (Å²) in [5.74, 6) is 0.522. The van der Waals surface area contributed by atoms with Crippen molar-refractivity contribution in [1.82, 2.24) is 19.7 Å². The van der Waals surface area contributed by atoms with E-state index in [1.165, 1.54) is 29.5 Å². The van der Waals surface area contributed by atoms with E-state index in [2.05, 4.69) is 10.1 Å². The van der Waals surface area contributed by atoms with Gasteiger partial charge in [0, 0.05) is 24.2 Å². The molecule has 0 bridgehead atoms. The second-order valence-corrected chi connectivity index (χ2v) is 6.81. The molecule has 9 nitrogen and oxygen atoms in total. The van der Waals surface area contributed by atoms with Gasteiger partial charge in [-0.15, -0.1) is 0 Å². The summed E-state index contributed by atoms with van der Waals surface area (Å²) in [6.45, 7) is 0.437. The molecule has 3 aromatic rings. The van der Waals surface area contributed by atoms with E-state index in [0.717, 1.165) is 24.2 Å². The van der Waals surface area contributed by atoms with Crippen molar-refractivity contribution in [3.05, 3.63) is 76.4 Å². The molecule has 1 heterocycles. The van der Waals surface area contributed by atoms with E-state index in [1.807, 2.05) is 24.3 Å². The first kappa shape index (κ1) is 18.6. The van der Waals surface area contributed by atoms with E-state index in [-0.39, 0.29) is 28.9 Å². The van der Waals surface area contributed by atoms with Crippen LogP contribution in [-0.2, 0) is 6.54 Å². The van der Waals surface area contributed by atoms with Crippen LogP contribution in [0.15, 0.2) is 55.1 Å². The molecule has 0 radical (unpaired) electrons. The van der Waals surface area contributed by atoms with Gasteiger partial charge in [0.25, 0.3) is 11.6 Å². The van der Waals surface area contributed by atoms with Crippen molar-refractivity contribution < 1.29 is 14.5 Å². The molecule has 4 rings (SSSR count). The molecule has 1 aliphatic rings. The second kappa shape index (κ2) is 7.70. The molecular weight excluding hydrogens is 374 g/mol. The molecule has 1 amide bonds. The Morgan fingerprint density at radius 1 is 1.28 bits per heavy atom.